The molecule has 1 aromatic heterocycles. The fourth-order valence-electron chi connectivity index (χ4n) is 2.73. The van der Waals surface area contributed by atoms with Crippen LogP contribution in [0.1, 0.15) is 26.0 Å². The summed E-state index contributed by atoms with van der Waals surface area (Å²) in [4.78, 5) is 11.4. The largest absolute Gasteiger partial charge is 0.486 e. The number of carbonyl (C=O) groups is 1. The molecule has 9 nitrogen and oxygen atoms in total. The van der Waals surface area contributed by atoms with Gasteiger partial charge in [0.05, 0.1) is 6.26 Å². The van der Waals surface area contributed by atoms with Crippen LogP contribution >= 0.6 is 0 Å². The van der Waals surface area contributed by atoms with Gasteiger partial charge < -0.3 is 19.1 Å². The number of aromatic nitrogens is 1. The second-order valence-corrected chi connectivity index (χ2v) is 9.13. The molecule has 0 radical (unpaired) electrons. The van der Waals surface area contributed by atoms with Gasteiger partial charge in [0, 0.05) is 17.3 Å². The third-order valence-corrected chi connectivity index (χ3v) is 5.32. The summed E-state index contributed by atoms with van der Waals surface area (Å²) in [6.07, 6.45) is 1.41. The fourth-order valence-corrected chi connectivity index (χ4v) is 3.29. The molecule has 1 heterocycles. The van der Waals surface area contributed by atoms with Crippen molar-refractivity contribution in [2.75, 3.05) is 11.0 Å². The van der Waals surface area contributed by atoms with Crippen LogP contribution in [0.3, 0.4) is 0 Å². The molecule has 0 spiro atoms. The number of carboxylic acid groups (broad SMARTS) is 1. The van der Waals surface area contributed by atoms with Gasteiger partial charge in [-0.3, -0.25) is 4.72 Å². The number of nitrogens with one attached hydrogen (secondary N) is 1. The molecule has 32 heavy (non-hydrogen) atoms. The molecule has 0 fully saturated rings. The molecule has 0 aliphatic carbocycles. The lowest BCUT2D eigenvalue weighted by Crippen LogP contribution is -2.40. The Labute approximate surface area is 186 Å². The van der Waals surface area contributed by atoms with Crippen molar-refractivity contribution in [1.29, 1.82) is 0 Å². The van der Waals surface area contributed by atoms with Gasteiger partial charge in [0.1, 0.15) is 23.8 Å². The summed E-state index contributed by atoms with van der Waals surface area (Å²) in [5.41, 5.74) is 0.513. The van der Waals surface area contributed by atoms with Gasteiger partial charge >= 0.3 is 5.97 Å². The molecular formula is C22H24N2O7S. The molecule has 0 saturated carbocycles. The van der Waals surface area contributed by atoms with Gasteiger partial charge in [0.25, 0.3) is 0 Å². The second-order valence-electron chi connectivity index (χ2n) is 7.38. The van der Waals surface area contributed by atoms with Crippen molar-refractivity contribution in [3.8, 4) is 22.8 Å². The smallest absolute Gasteiger partial charge is 0.347 e. The highest BCUT2D eigenvalue weighted by Gasteiger charge is 2.33. The van der Waals surface area contributed by atoms with Crippen LogP contribution in [0.4, 0.5) is 5.69 Å². The third kappa shape index (κ3) is 6.01. The normalized spacial score (nSPS) is 13.2. The van der Waals surface area contributed by atoms with Crippen molar-refractivity contribution in [3.05, 3.63) is 60.4 Å². The lowest BCUT2D eigenvalue weighted by atomic mass is 10.0. The molecule has 3 aromatic rings. The van der Waals surface area contributed by atoms with Crippen molar-refractivity contribution in [2.24, 2.45) is 0 Å². The zero-order valence-corrected chi connectivity index (χ0v) is 18.7. The topological polar surface area (TPSA) is 128 Å². The van der Waals surface area contributed by atoms with E-state index in [2.05, 4.69) is 9.88 Å². The highest BCUT2D eigenvalue weighted by Crippen LogP contribution is 2.26. The summed E-state index contributed by atoms with van der Waals surface area (Å²) in [7, 11) is -3.34. The maximum atomic E-state index is 11.4. The summed E-state index contributed by atoms with van der Waals surface area (Å²) in [6.45, 7) is 3.41. The van der Waals surface area contributed by atoms with E-state index in [0.717, 1.165) is 11.8 Å². The third-order valence-electron chi connectivity index (χ3n) is 4.72. The Morgan fingerprint density at radius 2 is 1.75 bits per heavy atom. The average molecular weight is 461 g/mol. The van der Waals surface area contributed by atoms with E-state index in [1.54, 1.807) is 61.5 Å². The van der Waals surface area contributed by atoms with E-state index >= 15 is 0 Å². The van der Waals surface area contributed by atoms with E-state index < -0.39 is 21.6 Å². The van der Waals surface area contributed by atoms with E-state index in [-0.39, 0.29) is 6.61 Å². The molecule has 2 aromatic carbocycles. The number of nitrogens with zero attached hydrogens (tertiary/aromatic N) is 1. The fraction of sp³-hybridized carbons (Fsp3) is 0.273. The molecule has 0 bridgehead atoms. The molecular weight excluding hydrogens is 436 g/mol. The first kappa shape index (κ1) is 23.1. The minimum atomic E-state index is -3.34. The predicted octanol–water partition coefficient (Wildman–Crippen LogP) is 3.92. The first-order valence-corrected chi connectivity index (χ1v) is 11.7. The van der Waals surface area contributed by atoms with Crippen LogP contribution in [0.5, 0.6) is 11.5 Å². The molecule has 0 aliphatic rings. The van der Waals surface area contributed by atoms with Gasteiger partial charge in [-0.2, -0.15) is 0 Å². The lowest BCUT2D eigenvalue weighted by Gasteiger charge is -2.24. The Morgan fingerprint density at radius 1 is 1.12 bits per heavy atom. The van der Waals surface area contributed by atoms with E-state index in [1.165, 1.54) is 6.92 Å². The predicted molar refractivity (Wildman–Crippen MR) is 118 cm³/mol. The number of hydrogen-bond acceptors (Lipinski definition) is 7. The van der Waals surface area contributed by atoms with Crippen LogP contribution in [0.25, 0.3) is 11.3 Å². The number of sulfonamides is 1. The van der Waals surface area contributed by atoms with Gasteiger partial charge in [-0.1, -0.05) is 24.2 Å². The van der Waals surface area contributed by atoms with Gasteiger partial charge in [-0.25, -0.2) is 13.2 Å². The second kappa shape index (κ2) is 9.31. The average Bonchev–Trinajstić information content (AvgIpc) is 3.21. The Balaban J connectivity index is 1.59. The Bertz CT molecular complexity index is 1170. The van der Waals surface area contributed by atoms with Crippen LogP contribution in [0, 0.1) is 0 Å². The van der Waals surface area contributed by atoms with Crippen LogP contribution in [0.15, 0.2) is 59.1 Å². The first-order chi connectivity index (χ1) is 15.1. The van der Waals surface area contributed by atoms with Gasteiger partial charge in [0.15, 0.2) is 5.76 Å². The number of hydrogen-bond donors (Lipinski definition) is 2. The van der Waals surface area contributed by atoms with Crippen molar-refractivity contribution in [1.82, 2.24) is 5.16 Å². The lowest BCUT2D eigenvalue weighted by molar-refractivity contribution is -0.154. The number of anilines is 1. The van der Waals surface area contributed by atoms with Gasteiger partial charge in [-0.15, -0.1) is 0 Å². The Morgan fingerprint density at radius 3 is 2.31 bits per heavy atom. The number of aliphatic carboxylic acids is 1. The standard InChI is InChI=1S/C22H24N2O7S/c1-4-22(2,21(25)26)30-18-11-9-17(10-12-18)29-14-19-13-20(23-31-19)15-5-7-16(8-6-15)24-32(3,27)28/h5-13,24H,4,14H2,1-3H3,(H,25,26). The molecule has 170 valence electrons. The summed E-state index contributed by atoms with van der Waals surface area (Å²) < 4.78 is 41.6. The van der Waals surface area contributed by atoms with E-state index in [4.69, 9.17) is 14.0 Å². The monoisotopic (exact) mass is 460 g/mol. The summed E-state index contributed by atoms with van der Waals surface area (Å²) >= 11 is 0. The van der Waals surface area contributed by atoms with Crippen molar-refractivity contribution in [2.45, 2.75) is 32.5 Å². The minimum Gasteiger partial charge on any atom is -0.486 e. The summed E-state index contributed by atoms with van der Waals surface area (Å²) in [5.74, 6) is 0.464. The maximum absolute atomic E-state index is 11.4. The molecule has 10 heteroatoms. The molecule has 0 amide bonds. The quantitative estimate of drug-likeness (QED) is 0.466. The Kier molecular flexibility index (Phi) is 6.73. The van der Waals surface area contributed by atoms with Crippen molar-refractivity contribution >= 4 is 21.7 Å². The van der Waals surface area contributed by atoms with E-state index in [9.17, 15) is 18.3 Å². The molecule has 1 unspecified atom stereocenters. The SMILES string of the molecule is CCC(C)(Oc1ccc(OCc2cc(-c3ccc(NS(C)(=O)=O)cc3)no2)cc1)C(=O)O. The highest BCUT2D eigenvalue weighted by atomic mass is 32.2. The number of carboxylic acids is 1. The summed E-state index contributed by atoms with van der Waals surface area (Å²) in [5, 5.41) is 13.3. The zero-order valence-electron chi connectivity index (χ0n) is 17.9. The maximum Gasteiger partial charge on any atom is 0.347 e. The zero-order chi connectivity index (χ0) is 23.4. The molecule has 1 atom stereocenters. The number of benzene rings is 2. The number of rotatable bonds is 10. The van der Waals surface area contributed by atoms with Crippen LogP contribution in [0.2, 0.25) is 0 Å². The van der Waals surface area contributed by atoms with E-state index in [1.807, 2.05) is 0 Å². The minimum absolute atomic E-state index is 0.142. The molecule has 2 N–H and O–H groups in total. The summed E-state index contributed by atoms with van der Waals surface area (Å²) in [6, 6.07) is 15.1. The number of ether oxygens (including phenoxy) is 2. The van der Waals surface area contributed by atoms with Crippen LogP contribution < -0.4 is 14.2 Å². The van der Waals surface area contributed by atoms with Gasteiger partial charge in [-0.05, 0) is 49.7 Å². The van der Waals surface area contributed by atoms with Crippen molar-refractivity contribution in [3.63, 3.8) is 0 Å². The van der Waals surface area contributed by atoms with Crippen LogP contribution in [-0.2, 0) is 21.4 Å². The Hall–Kier alpha value is -3.53. The molecule has 0 saturated heterocycles. The van der Waals surface area contributed by atoms with E-state index in [0.29, 0.717) is 35.1 Å². The van der Waals surface area contributed by atoms with Crippen LogP contribution in [-0.4, -0.2) is 36.5 Å². The molecule has 3 rings (SSSR count). The molecule has 0 aliphatic heterocycles. The highest BCUT2D eigenvalue weighted by molar-refractivity contribution is 7.92. The van der Waals surface area contributed by atoms with Gasteiger partial charge in [0.2, 0.25) is 15.6 Å². The van der Waals surface area contributed by atoms with Crippen molar-refractivity contribution < 1.29 is 32.3 Å². The first-order valence-electron chi connectivity index (χ1n) is 9.77.